The van der Waals surface area contributed by atoms with Crippen LogP contribution in [0.25, 0.3) is 0 Å². The van der Waals surface area contributed by atoms with Crippen LogP contribution in [0.5, 0.6) is 0 Å². The first-order valence-corrected chi connectivity index (χ1v) is 2.96. The number of carbonyl (C=O) groups excluding carboxylic acids is 1. The maximum absolute atomic E-state index is 10.8. The zero-order chi connectivity index (χ0) is 6.27. The first-order valence-electron chi connectivity index (χ1n) is 2.96. The van der Waals surface area contributed by atoms with Gasteiger partial charge in [-0.3, -0.25) is 4.79 Å². The molecule has 1 aliphatic heterocycles. The Kier molecular flexibility index (Phi) is 0.806. The molecule has 2 atom stereocenters. The minimum Gasteiger partial charge on any atom is -0.294 e. The molecule has 0 aromatic heterocycles. The van der Waals surface area contributed by atoms with Gasteiger partial charge in [0, 0.05) is 0 Å². The van der Waals surface area contributed by atoms with Crippen molar-refractivity contribution in [1.29, 1.82) is 0 Å². The van der Waals surface area contributed by atoms with Gasteiger partial charge < -0.3 is 0 Å². The number of nitrogens with zero attached hydrogens (tertiary/aromatic N) is 2. The zero-order valence-electron chi connectivity index (χ0n) is 4.82. The van der Waals surface area contributed by atoms with Gasteiger partial charge in [-0.05, 0) is 6.08 Å². The lowest BCUT2D eigenvalue weighted by molar-refractivity contribution is -0.117. The fourth-order valence-corrected chi connectivity index (χ4v) is 1.17. The van der Waals surface area contributed by atoms with E-state index >= 15 is 0 Å². The quantitative estimate of drug-likeness (QED) is 0.463. The lowest BCUT2D eigenvalue weighted by Gasteiger charge is -1.99. The number of ketones is 1. The summed E-state index contributed by atoms with van der Waals surface area (Å²) in [6.07, 6.45) is 3.43. The molecule has 0 aromatic rings. The van der Waals surface area contributed by atoms with Crippen molar-refractivity contribution < 1.29 is 4.79 Å². The molecule has 46 valence electrons. The number of hydrogen-bond acceptors (Lipinski definition) is 3. The van der Waals surface area contributed by atoms with E-state index in [0.717, 1.165) is 0 Å². The maximum atomic E-state index is 10.8. The van der Waals surface area contributed by atoms with Crippen molar-refractivity contribution in [3.8, 4) is 0 Å². The van der Waals surface area contributed by atoms with Crippen LogP contribution in [0.2, 0.25) is 0 Å². The van der Waals surface area contributed by atoms with Gasteiger partial charge in [0.15, 0.2) is 5.78 Å². The van der Waals surface area contributed by atoms with Crippen molar-refractivity contribution in [2.45, 2.75) is 6.04 Å². The van der Waals surface area contributed by atoms with Crippen LogP contribution in [-0.4, -0.2) is 18.4 Å². The summed E-state index contributed by atoms with van der Waals surface area (Å²) in [5, 5.41) is 7.64. The molecule has 2 rings (SSSR count). The van der Waals surface area contributed by atoms with E-state index in [1.165, 1.54) is 0 Å². The molecule has 0 fully saturated rings. The molecule has 3 nitrogen and oxygen atoms in total. The smallest absolute Gasteiger partial charge is 0.162 e. The van der Waals surface area contributed by atoms with E-state index in [1.54, 1.807) is 6.08 Å². The molecule has 0 N–H and O–H groups in total. The van der Waals surface area contributed by atoms with E-state index in [0.29, 0.717) is 6.54 Å². The van der Waals surface area contributed by atoms with Gasteiger partial charge in [0.25, 0.3) is 0 Å². The van der Waals surface area contributed by atoms with E-state index < -0.39 is 0 Å². The maximum Gasteiger partial charge on any atom is 0.162 e. The number of rotatable bonds is 0. The van der Waals surface area contributed by atoms with Gasteiger partial charge in [0.1, 0.15) is 6.04 Å². The second kappa shape index (κ2) is 1.50. The molecule has 3 heteroatoms. The monoisotopic (exact) mass is 122 g/mol. The molecule has 0 saturated carbocycles. The third-order valence-electron chi connectivity index (χ3n) is 1.73. The van der Waals surface area contributed by atoms with Crippen LogP contribution in [0, 0.1) is 5.92 Å². The predicted molar refractivity (Wildman–Crippen MR) is 31.1 cm³/mol. The van der Waals surface area contributed by atoms with Gasteiger partial charge in [-0.2, -0.15) is 10.2 Å². The molecule has 2 unspecified atom stereocenters. The number of carbonyl (C=O) groups is 1. The molecule has 0 saturated heterocycles. The summed E-state index contributed by atoms with van der Waals surface area (Å²) in [5.74, 6) is 0.245. The lowest BCUT2D eigenvalue weighted by Crippen LogP contribution is -2.16. The highest BCUT2D eigenvalue weighted by Crippen LogP contribution is 2.23. The van der Waals surface area contributed by atoms with Gasteiger partial charge >= 0.3 is 0 Å². The first-order chi connectivity index (χ1) is 4.38. The highest BCUT2D eigenvalue weighted by molar-refractivity contribution is 5.95. The van der Waals surface area contributed by atoms with Crippen LogP contribution in [0.1, 0.15) is 0 Å². The standard InChI is InChI=1S/C6H6N2O/c9-6-2-1-5-4(6)3-7-8-5/h1-2,4-5H,3H2. The van der Waals surface area contributed by atoms with Crippen molar-refractivity contribution in [2.24, 2.45) is 16.1 Å². The van der Waals surface area contributed by atoms with E-state index in [1.807, 2.05) is 6.08 Å². The van der Waals surface area contributed by atoms with E-state index in [-0.39, 0.29) is 17.7 Å². The second-order valence-corrected chi connectivity index (χ2v) is 2.30. The molecule has 0 spiro atoms. The second-order valence-electron chi connectivity index (χ2n) is 2.30. The molecule has 0 radical (unpaired) electrons. The van der Waals surface area contributed by atoms with Gasteiger partial charge in [-0.1, -0.05) is 6.08 Å². The van der Waals surface area contributed by atoms with Crippen molar-refractivity contribution in [3.05, 3.63) is 12.2 Å². The van der Waals surface area contributed by atoms with Crippen molar-refractivity contribution >= 4 is 5.78 Å². The van der Waals surface area contributed by atoms with Crippen LogP contribution in [0.3, 0.4) is 0 Å². The van der Waals surface area contributed by atoms with Crippen molar-refractivity contribution in [3.63, 3.8) is 0 Å². The minimum absolute atomic E-state index is 0.0602. The molecule has 0 aromatic carbocycles. The van der Waals surface area contributed by atoms with Crippen LogP contribution in [0.15, 0.2) is 22.4 Å². The summed E-state index contributed by atoms with van der Waals surface area (Å²) in [5.41, 5.74) is 0. The Morgan fingerprint density at radius 3 is 3.33 bits per heavy atom. The normalized spacial score (nSPS) is 38.0. The molecule has 0 amide bonds. The minimum atomic E-state index is 0.0602. The molecule has 9 heavy (non-hydrogen) atoms. The predicted octanol–water partition coefficient (Wildman–Crippen LogP) is 0.576. The number of azo groups is 1. The van der Waals surface area contributed by atoms with Crippen LogP contribution < -0.4 is 0 Å². The Balaban J connectivity index is 2.31. The van der Waals surface area contributed by atoms with Gasteiger partial charge in [0.05, 0.1) is 12.5 Å². The lowest BCUT2D eigenvalue weighted by atomic mass is 10.0. The van der Waals surface area contributed by atoms with E-state index in [4.69, 9.17) is 0 Å². The SMILES string of the molecule is O=C1C=CC2N=NCC12. The first kappa shape index (κ1) is 4.85. The highest BCUT2D eigenvalue weighted by Gasteiger charge is 2.33. The topological polar surface area (TPSA) is 41.8 Å². The molecular weight excluding hydrogens is 116 g/mol. The Morgan fingerprint density at radius 1 is 1.67 bits per heavy atom. The number of fused-ring (bicyclic) bond motifs is 1. The van der Waals surface area contributed by atoms with Crippen molar-refractivity contribution in [1.82, 2.24) is 0 Å². The molecule has 1 aliphatic carbocycles. The fourth-order valence-electron chi connectivity index (χ4n) is 1.17. The van der Waals surface area contributed by atoms with Gasteiger partial charge in [-0.15, -0.1) is 0 Å². The molecular formula is C6H6N2O. The summed E-state index contributed by atoms with van der Waals surface area (Å²) in [6, 6.07) is 0.0810. The summed E-state index contributed by atoms with van der Waals surface area (Å²) in [7, 11) is 0. The summed E-state index contributed by atoms with van der Waals surface area (Å²) in [6.45, 7) is 0.594. The van der Waals surface area contributed by atoms with Crippen LogP contribution >= 0.6 is 0 Å². The molecule has 1 heterocycles. The van der Waals surface area contributed by atoms with Crippen molar-refractivity contribution in [2.75, 3.05) is 6.54 Å². The number of allylic oxidation sites excluding steroid dienone is 1. The zero-order valence-corrected chi connectivity index (χ0v) is 4.82. The van der Waals surface area contributed by atoms with E-state index in [2.05, 4.69) is 10.2 Å². The molecule has 0 bridgehead atoms. The third-order valence-corrected chi connectivity index (χ3v) is 1.73. The van der Waals surface area contributed by atoms with Crippen LogP contribution in [0.4, 0.5) is 0 Å². The van der Waals surface area contributed by atoms with Crippen LogP contribution in [-0.2, 0) is 4.79 Å². The Morgan fingerprint density at radius 2 is 2.56 bits per heavy atom. The van der Waals surface area contributed by atoms with Gasteiger partial charge in [-0.25, -0.2) is 0 Å². The third kappa shape index (κ3) is 0.542. The average molecular weight is 122 g/mol. The fraction of sp³-hybridized carbons (Fsp3) is 0.500. The summed E-state index contributed by atoms with van der Waals surface area (Å²) >= 11 is 0. The Labute approximate surface area is 52.5 Å². The summed E-state index contributed by atoms with van der Waals surface area (Å²) < 4.78 is 0. The Hall–Kier alpha value is -0.990. The largest absolute Gasteiger partial charge is 0.294 e. The van der Waals surface area contributed by atoms with Gasteiger partial charge in [0.2, 0.25) is 0 Å². The Bertz CT molecular complexity index is 207. The highest BCUT2D eigenvalue weighted by atomic mass is 16.1. The average Bonchev–Trinajstić information content (AvgIpc) is 2.35. The molecule has 2 aliphatic rings. The number of hydrogen-bond donors (Lipinski definition) is 0. The summed E-state index contributed by atoms with van der Waals surface area (Å²) in [4.78, 5) is 10.8. The van der Waals surface area contributed by atoms with E-state index in [9.17, 15) is 4.79 Å².